The zero-order chi connectivity index (χ0) is 16.7. The summed E-state index contributed by atoms with van der Waals surface area (Å²) in [4.78, 5) is 23.5. The first-order valence-corrected chi connectivity index (χ1v) is 8.49. The molecule has 6 nitrogen and oxygen atoms in total. The Hall–Kier alpha value is -1.15. The van der Waals surface area contributed by atoms with E-state index in [0.717, 1.165) is 35.2 Å². The van der Waals surface area contributed by atoms with E-state index in [1.165, 1.54) is 0 Å². The predicted molar refractivity (Wildman–Crippen MR) is 99.6 cm³/mol. The highest BCUT2D eigenvalue weighted by Crippen LogP contribution is 2.19. The SMILES string of the molecule is Cc1cc(Br)ccc1NC(=O)CNC(=O)CNCC1CCCO1.Cl. The summed E-state index contributed by atoms with van der Waals surface area (Å²) in [6.45, 7) is 3.51. The molecule has 1 aromatic rings. The predicted octanol–water partition coefficient (Wildman–Crippen LogP) is 2.00. The molecule has 1 saturated heterocycles. The molecule has 1 aliphatic rings. The minimum atomic E-state index is -0.247. The Kier molecular flexibility index (Phi) is 9.28. The number of amides is 2. The number of rotatable bonds is 7. The van der Waals surface area contributed by atoms with Crippen LogP contribution in [0.1, 0.15) is 18.4 Å². The topological polar surface area (TPSA) is 79.5 Å². The van der Waals surface area contributed by atoms with Crippen molar-refractivity contribution in [3.05, 3.63) is 28.2 Å². The zero-order valence-corrected chi connectivity index (χ0v) is 16.0. The Bertz CT molecular complexity index is 565. The van der Waals surface area contributed by atoms with Crippen molar-refractivity contribution < 1.29 is 14.3 Å². The van der Waals surface area contributed by atoms with Gasteiger partial charge in [0.25, 0.3) is 0 Å². The van der Waals surface area contributed by atoms with Gasteiger partial charge in [-0.3, -0.25) is 9.59 Å². The summed E-state index contributed by atoms with van der Waals surface area (Å²) in [5, 5.41) is 8.42. The second-order valence-electron chi connectivity index (χ2n) is 5.55. The van der Waals surface area contributed by atoms with E-state index in [1.807, 2.05) is 25.1 Å². The van der Waals surface area contributed by atoms with Crippen LogP contribution in [0.2, 0.25) is 0 Å². The molecule has 2 amide bonds. The molecule has 1 fully saturated rings. The number of ether oxygens (including phenoxy) is 1. The molecule has 0 saturated carbocycles. The maximum absolute atomic E-state index is 11.9. The Labute approximate surface area is 156 Å². The molecule has 0 aliphatic carbocycles. The quantitative estimate of drug-likeness (QED) is 0.630. The van der Waals surface area contributed by atoms with Crippen LogP contribution < -0.4 is 16.0 Å². The first-order chi connectivity index (χ1) is 11.0. The van der Waals surface area contributed by atoms with Gasteiger partial charge in [-0.2, -0.15) is 0 Å². The Balaban J connectivity index is 0.00000288. The van der Waals surface area contributed by atoms with Crippen LogP contribution in [0.15, 0.2) is 22.7 Å². The average Bonchev–Trinajstić information content (AvgIpc) is 3.01. The van der Waals surface area contributed by atoms with Gasteiger partial charge < -0.3 is 20.7 Å². The molecule has 1 unspecified atom stereocenters. The summed E-state index contributed by atoms with van der Waals surface area (Å²) < 4.78 is 6.41. The van der Waals surface area contributed by atoms with Crippen molar-refractivity contribution in [1.29, 1.82) is 0 Å². The molecule has 134 valence electrons. The molecule has 1 aromatic carbocycles. The number of carbonyl (C=O) groups excluding carboxylic acids is 2. The number of carbonyl (C=O) groups is 2. The third kappa shape index (κ3) is 7.17. The normalized spacial score (nSPS) is 16.3. The second kappa shape index (κ2) is 10.7. The fourth-order valence-electron chi connectivity index (χ4n) is 2.36. The van der Waals surface area contributed by atoms with E-state index in [0.29, 0.717) is 6.54 Å². The van der Waals surface area contributed by atoms with Gasteiger partial charge in [0.2, 0.25) is 11.8 Å². The maximum atomic E-state index is 11.9. The fraction of sp³-hybridized carbons (Fsp3) is 0.500. The molecule has 1 aliphatic heterocycles. The number of halogens is 2. The van der Waals surface area contributed by atoms with Crippen molar-refractivity contribution in [3.8, 4) is 0 Å². The van der Waals surface area contributed by atoms with Crippen molar-refractivity contribution in [2.24, 2.45) is 0 Å². The van der Waals surface area contributed by atoms with E-state index in [4.69, 9.17) is 4.74 Å². The number of hydrogen-bond acceptors (Lipinski definition) is 4. The zero-order valence-electron chi connectivity index (χ0n) is 13.6. The third-order valence-electron chi connectivity index (χ3n) is 3.59. The van der Waals surface area contributed by atoms with Crippen molar-refractivity contribution in [2.75, 3.05) is 31.6 Å². The maximum Gasteiger partial charge on any atom is 0.243 e. The van der Waals surface area contributed by atoms with Crippen LogP contribution in [0.5, 0.6) is 0 Å². The lowest BCUT2D eigenvalue weighted by atomic mass is 10.2. The molecular weight excluding hydrogens is 398 g/mol. The summed E-state index contributed by atoms with van der Waals surface area (Å²) in [5.74, 6) is -0.450. The van der Waals surface area contributed by atoms with Gasteiger partial charge in [0.15, 0.2) is 0 Å². The molecule has 1 atom stereocenters. The van der Waals surface area contributed by atoms with Crippen LogP contribution in [-0.2, 0) is 14.3 Å². The smallest absolute Gasteiger partial charge is 0.243 e. The van der Waals surface area contributed by atoms with Crippen molar-refractivity contribution >= 4 is 45.8 Å². The summed E-state index contributed by atoms with van der Waals surface area (Å²) in [5.41, 5.74) is 1.70. The molecule has 0 radical (unpaired) electrons. The van der Waals surface area contributed by atoms with E-state index in [9.17, 15) is 9.59 Å². The Morgan fingerprint density at radius 1 is 1.29 bits per heavy atom. The monoisotopic (exact) mass is 419 g/mol. The van der Waals surface area contributed by atoms with Gasteiger partial charge in [-0.1, -0.05) is 15.9 Å². The standard InChI is InChI=1S/C16H22BrN3O3.ClH/c1-11-7-12(17)4-5-14(11)20-16(22)10-19-15(21)9-18-8-13-3-2-6-23-13;/h4-5,7,13,18H,2-3,6,8-10H2,1H3,(H,19,21)(H,20,22);1H. The van der Waals surface area contributed by atoms with Crippen molar-refractivity contribution in [2.45, 2.75) is 25.9 Å². The second-order valence-corrected chi connectivity index (χ2v) is 6.47. The lowest BCUT2D eigenvalue weighted by Gasteiger charge is -2.11. The molecular formula is C16H23BrClN3O3. The Morgan fingerprint density at radius 2 is 2.08 bits per heavy atom. The number of hydrogen-bond donors (Lipinski definition) is 3. The Morgan fingerprint density at radius 3 is 2.75 bits per heavy atom. The van der Waals surface area contributed by atoms with E-state index in [2.05, 4.69) is 31.9 Å². The number of nitrogens with one attached hydrogen (secondary N) is 3. The highest BCUT2D eigenvalue weighted by molar-refractivity contribution is 9.10. The number of benzene rings is 1. The molecule has 3 N–H and O–H groups in total. The number of anilines is 1. The summed E-state index contributed by atoms with van der Waals surface area (Å²) >= 11 is 3.38. The van der Waals surface area contributed by atoms with Crippen LogP contribution in [-0.4, -0.2) is 44.2 Å². The molecule has 8 heteroatoms. The van der Waals surface area contributed by atoms with E-state index < -0.39 is 0 Å². The van der Waals surface area contributed by atoms with Gasteiger partial charge in [0.1, 0.15) is 0 Å². The third-order valence-corrected chi connectivity index (χ3v) is 4.08. The first-order valence-electron chi connectivity index (χ1n) is 7.69. The van der Waals surface area contributed by atoms with Gasteiger partial charge in [-0.05, 0) is 43.5 Å². The van der Waals surface area contributed by atoms with Crippen molar-refractivity contribution in [3.63, 3.8) is 0 Å². The largest absolute Gasteiger partial charge is 0.377 e. The summed E-state index contributed by atoms with van der Waals surface area (Å²) in [7, 11) is 0. The molecule has 0 aromatic heterocycles. The summed E-state index contributed by atoms with van der Waals surface area (Å²) in [6, 6.07) is 5.60. The molecule has 24 heavy (non-hydrogen) atoms. The van der Waals surface area contributed by atoms with Crippen molar-refractivity contribution in [1.82, 2.24) is 10.6 Å². The van der Waals surface area contributed by atoms with Gasteiger partial charge in [0, 0.05) is 23.3 Å². The average molecular weight is 421 g/mol. The van der Waals surface area contributed by atoms with Crippen LogP contribution >= 0.6 is 28.3 Å². The van der Waals surface area contributed by atoms with E-state index in [-0.39, 0.29) is 43.4 Å². The molecule has 0 spiro atoms. The van der Waals surface area contributed by atoms with E-state index in [1.54, 1.807) is 0 Å². The summed E-state index contributed by atoms with van der Waals surface area (Å²) in [6.07, 6.45) is 2.31. The molecule has 2 rings (SSSR count). The van der Waals surface area contributed by atoms with Crippen LogP contribution in [0.25, 0.3) is 0 Å². The lowest BCUT2D eigenvalue weighted by Crippen LogP contribution is -2.40. The van der Waals surface area contributed by atoms with E-state index >= 15 is 0 Å². The highest BCUT2D eigenvalue weighted by Gasteiger charge is 2.15. The number of aryl methyl sites for hydroxylation is 1. The van der Waals surface area contributed by atoms with Crippen LogP contribution in [0.4, 0.5) is 5.69 Å². The molecule has 1 heterocycles. The highest BCUT2D eigenvalue weighted by atomic mass is 79.9. The van der Waals surface area contributed by atoms with Gasteiger partial charge in [0.05, 0.1) is 19.2 Å². The minimum absolute atomic E-state index is 0. The first kappa shape index (κ1) is 20.9. The lowest BCUT2D eigenvalue weighted by molar-refractivity contribution is -0.123. The van der Waals surface area contributed by atoms with Gasteiger partial charge >= 0.3 is 0 Å². The molecule has 0 bridgehead atoms. The minimum Gasteiger partial charge on any atom is -0.377 e. The van der Waals surface area contributed by atoms with Gasteiger partial charge in [-0.15, -0.1) is 12.4 Å². The van der Waals surface area contributed by atoms with Crippen LogP contribution in [0.3, 0.4) is 0 Å². The van der Waals surface area contributed by atoms with Crippen LogP contribution in [0, 0.1) is 6.92 Å². The van der Waals surface area contributed by atoms with Gasteiger partial charge in [-0.25, -0.2) is 0 Å². The fourth-order valence-corrected chi connectivity index (χ4v) is 2.83.